The van der Waals surface area contributed by atoms with Gasteiger partial charge in [-0.3, -0.25) is 9.59 Å². The average molecular weight is 365 g/mol. The molecular weight excluding hydrogens is 346 g/mol. The first-order valence-electron chi connectivity index (χ1n) is 8.81. The van der Waals surface area contributed by atoms with Crippen LogP contribution in [0.5, 0.6) is 5.75 Å². The Morgan fingerprint density at radius 1 is 1.15 bits per heavy atom. The summed E-state index contributed by atoms with van der Waals surface area (Å²) in [6.45, 7) is 1.62. The smallest absolute Gasteiger partial charge is 0.277 e. The zero-order valence-electron chi connectivity index (χ0n) is 14.6. The van der Waals surface area contributed by atoms with Gasteiger partial charge in [-0.1, -0.05) is 23.4 Å². The lowest BCUT2D eigenvalue weighted by atomic mass is 10.1. The molecular formula is C19H19N5O3. The zero-order valence-corrected chi connectivity index (χ0v) is 14.6. The van der Waals surface area contributed by atoms with Gasteiger partial charge >= 0.3 is 0 Å². The predicted octanol–water partition coefficient (Wildman–Crippen LogP) is 2.01. The second-order valence-electron chi connectivity index (χ2n) is 6.55. The maximum absolute atomic E-state index is 12.5. The van der Waals surface area contributed by atoms with Crippen molar-refractivity contribution < 1.29 is 14.7 Å². The van der Waals surface area contributed by atoms with Crippen molar-refractivity contribution in [1.82, 2.24) is 19.9 Å². The van der Waals surface area contributed by atoms with Gasteiger partial charge in [-0.25, -0.2) is 4.68 Å². The Kier molecular flexibility index (Phi) is 4.45. The molecule has 8 heteroatoms. The predicted molar refractivity (Wildman–Crippen MR) is 99.4 cm³/mol. The third kappa shape index (κ3) is 3.59. The Bertz CT molecular complexity index is 1010. The number of hydrogen-bond donors (Lipinski definition) is 2. The van der Waals surface area contributed by atoms with E-state index in [2.05, 4.69) is 15.6 Å². The van der Waals surface area contributed by atoms with Gasteiger partial charge in [0.1, 0.15) is 12.3 Å². The zero-order chi connectivity index (χ0) is 18.8. The average Bonchev–Trinajstić information content (AvgIpc) is 3.34. The lowest BCUT2D eigenvalue weighted by Crippen LogP contribution is -2.31. The normalized spacial score (nSPS) is 13.9. The molecule has 0 aliphatic carbocycles. The molecule has 1 aliphatic rings. The molecule has 0 spiro atoms. The first kappa shape index (κ1) is 17.0. The number of rotatable bonds is 4. The molecule has 0 unspecified atom stereocenters. The molecule has 0 atom stereocenters. The molecule has 1 aromatic heterocycles. The minimum atomic E-state index is -0.425. The van der Waals surface area contributed by atoms with Crippen molar-refractivity contribution in [3.63, 3.8) is 0 Å². The standard InChI is InChI=1S/C19H19N5O3/c25-14-7-6-13-4-3-5-16(15(13)10-14)20-19(27)17-11-24(22-21-17)12-18(26)23-8-1-2-9-23/h3-7,10-11,25H,1-2,8-9,12H2,(H,20,27). The number of nitrogens with zero attached hydrogens (tertiary/aromatic N) is 4. The summed E-state index contributed by atoms with van der Waals surface area (Å²) in [5.74, 6) is -0.324. The molecule has 2 N–H and O–H groups in total. The van der Waals surface area contributed by atoms with Gasteiger partial charge in [-0.05, 0) is 36.4 Å². The van der Waals surface area contributed by atoms with Gasteiger partial charge in [0.2, 0.25) is 5.91 Å². The monoisotopic (exact) mass is 365 g/mol. The second kappa shape index (κ2) is 7.06. The molecule has 0 bridgehead atoms. The largest absolute Gasteiger partial charge is 0.508 e. The van der Waals surface area contributed by atoms with Gasteiger partial charge in [0.05, 0.1) is 6.20 Å². The number of nitrogens with one attached hydrogen (secondary N) is 1. The number of hydrogen-bond acceptors (Lipinski definition) is 5. The number of fused-ring (bicyclic) bond motifs is 1. The van der Waals surface area contributed by atoms with E-state index >= 15 is 0 Å². The first-order valence-corrected chi connectivity index (χ1v) is 8.81. The number of likely N-dealkylation sites (tertiary alicyclic amines) is 1. The highest BCUT2D eigenvalue weighted by Crippen LogP contribution is 2.27. The summed E-state index contributed by atoms with van der Waals surface area (Å²) < 4.78 is 1.38. The summed E-state index contributed by atoms with van der Waals surface area (Å²) >= 11 is 0. The Balaban J connectivity index is 1.48. The number of phenols is 1. The summed E-state index contributed by atoms with van der Waals surface area (Å²) in [6, 6.07) is 10.4. The quantitative estimate of drug-likeness (QED) is 0.737. The third-order valence-electron chi connectivity index (χ3n) is 4.64. The van der Waals surface area contributed by atoms with Crippen molar-refractivity contribution in [2.45, 2.75) is 19.4 Å². The van der Waals surface area contributed by atoms with Gasteiger partial charge in [-0.2, -0.15) is 0 Å². The molecule has 2 heterocycles. The van der Waals surface area contributed by atoms with Crippen molar-refractivity contribution >= 4 is 28.3 Å². The van der Waals surface area contributed by atoms with Crippen LogP contribution in [0, 0.1) is 0 Å². The Labute approximate surface area is 155 Å². The molecule has 2 aromatic carbocycles. The molecule has 1 fully saturated rings. The van der Waals surface area contributed by atoms with Crippen molar-refractivity contribution in [3.05, 3.63) is 48.3 Å². The molecule has 8 nitrogen and oxygen atoms in total. The van der Waals surface area contributed by atoms with Crippen molar-refractivity contribution in [1.29, 1.82) is 0 Å². The molecule has 27 heavy (non-hydrogen) atoms. The van der Waals surface area contributed by atoms with E-state index in [1.165, 1.54) is 10.9 Å². The fourth-order valence-electron chi connectivity index (χ4n) is 3.24. The molecule has 1 saturated heterocycles. The summed E-state index contributed by atoms with van der Waals surface area (Å²) in [5.41, 5.74) is 0.692. The molecule has 0 radical (unpaired) electrons. The number of amides is 2. The summed E-state index contributed by atoms with van der Waals surface area (Å²) in [6.07, 6.45) is 3.51. The van der Waals surface area contributed by atoms with Crippen LogP contribution in [0.15, 0.2) is 42.6 Å². The lowest BCUT2D eigenvalue weighted by Gasteiger charge is -2.14. The fourth-order valence-corrected chi connectivity index (χ4v) is 3.24. The van der Waals surface area contributed by atoms with E-state index in [0.717, 1.165) is 36.7 Å². The number of aromatic hydroxyl groups is 1. The highest BCUT2D eigenvalue weighted by Gasteiger charge is 2.19. The van der Waals surface area contributed by atoms with E-state index < -0.39 is 5.91 Å². The van der Waals surface area contributed by atoms with Gasteiger partial charge < -0.3 is 15.3 Å². The van der Waals surface area contributed by atoms with Gasteiger partial charge in [0, 0.05) is 24.2 Å². The van der Waals surface area contributed by atoms with Crippen LogP contribution in [-0.2, 0) is 11.3 Å². The van der Waals surface area contributed by atoms with Crippen LogP contribution in [0.4, 0.5) is 5.69 Å². The second-order valence-corrected chi connectivity index (χ2v) is 6.55. The van der Waals surface area contributed by atoms with E-state index in [4.69, 9.17) is 0 Å². The highest BCUT2D eigenvalue weighted by molar-refractivity contribution is 6.08. The molecule has 138 valence electrons. The van der Waals surface area contributed by atoms with Gasteiger partial charge in [0.25, 0.3) is 5.91 Å². The van der Waals surface area contributed by atoms with Crippen LogP contribution in [0.3, 0.4) is 0 Å². The molecule has 4 rings (SSSR count). The number of anilines is 1. The Morgan fingerprint density at radius 2 is 1.96 bits per heavy atom. The van der Waals surface area contributed by atoms with E-state index in [-0.39, 0.29) is 23.9 Å². The van der Waals surface area contributed by atoms with E-state index in [0.29, 0.717) is 5.69 Å². The number of carbonyl (C=O) groups is 2. The number of benzene rings is 2. The summed E-state index contributed by atoms with van der Waals surface area (Å²) in [5, 5.41) is 21.9. The maximum Gasteiger partial charge on any atom is 0.277 e. The third-order valence-corrected chi connectivity index (χ3v) is 4.64. The summed E-state index contributed by atoms with van der Waals surface area (Å²) in [4.78, 5) is 26.5. The lowest BCUT2D eigenvalue weighted by molar-refractivity contribution is -0.130. The van der Waals surface area contributed by atoms with Crippen LogP contribution in [0.2, 0.25) is 0 Å². The van der Waals surface area contributed by atoms with Gasteiger partial charge in [-0.15, -0.1) is 5.10 Å². The number of phenolic OH excluding ortho intramolecular Hbond substituents is 1. The minimum absolute atomic E-state index is 0.0195. The Hall–Kier alpha value is -3.42. The number of aromatic nitrogens is 3. The highest BCUT2D eigenvalue weighted by atomic mass is 16.3. The van der Waals surface area contributed by atoms with Crippen LogP contribution >= 0.6 is 0 Å². The van der Waals surface area contributed by atoms with Crippen molar-refractivity contribution in [2.75, 3.05) is 18.4 Å². The van der Waals surface area contributed by atoms with E-state index in [1.807, 2.05) is 12.1 Å². The minimum Gasteiger partial charge on any atom is -0.508 e. The van der Waals surface area contributed by atoms with Crippen LogP contribution in [0.25, 0.3) is 10.8 Å². The van der Waals surface area contributed by atoms with Gasteiger partial charge in [0.15, 0.2) is 5.69 Å². The Morgan fingerprint density at radius 3 is 2.78 bits per heavy atom. The van der Waals surface area contributed by atoms with Crippen LogP contribution in [0.1, 0.15) is 23.3 Å². The fraction of sp³-hybridized carbons (Fsp3) is 0.263. The molecule has 1 aliphatic heterocycles. The van der Waals surface area contributed by atoms with Crippen molar-refractivity contribution in [2.24, 2.45) is 0 Å². The molecule has 0 saturated carbocycles. The topological polar surface area (TPSA) is 100 Å². The van der Waals surface area contributed by atoms with Crippen LogP contribution < -0.4 is 5.32 Å². The summed E-state index contributed by atoms with van der Waals surface area (Å²) in [7, 11) is 0. The molecule has 3 aromatic rings. The van der Waals surface area contributed by atoms with Crippen molar-refractivity contribution in [3.8, 4) is 5.75 Å². The van der Waals surface area contributed by atoms with Crippen LogP contribution in [-0.4, -0.2) is 49.9 Å². The number of carbonyl (C=O) groups excluding carboxylic acids is 2. The van der Waals surface area contributed by atoms with E-state index in [9.17, 15) is 14.7 Å². The maximum atomic E-state index is 12.5. The molecule has 2 amide bonds. The SMILES string of the molecule is O=C(Nc1cccc2ccc(O)cc12)c1cn(CC(=O)N2CCCC2)nn1. The first-order chi connectivity index (χ1) is 13.1. The van der Waals surface area contributed by atoms with E-state index in [1.54, 1.807) is 29.2 Å².